The Morgan fingerprint density at radius 2 is 1.77 bits per heavy atom. The van der Waals surface area contributed by atoms with Crippen molar-refractivity contribution < 1.29 is 9.53 Å². The molecule has 0 saturated carbocycles. The minimum atomic E-state index is -0.313. The van der Waals surface area contributed by atoms with Crippen molar-refractivity contribution in [2.75, 3.05) is 5.73 Å². The first-order chi connectivity index (χ1) is 12.7. The Morgan fingerprint density at radius 1 is 1.00 bits per heavy atom. The number of nitrogens with zero attached hydrogens (tertiary/aromatic N) is 1. The van der Waals surface area contributed by atoms with E-state index in [0.29, 0.717) is 17.9 Å². The van der Waals surface area contributed by atoms with Crippen molar-refractivity contribution in [2.24, 2.45) is 5.10 Å². The maximum atomic E-state index is 12.1. The SMILES string of the molecule is Nc1cccc(C(=O)N/N=C\c2ccccc2COc2ccccc2)c1. The molecule has 0 fully saturated rings. The van der Waals surface area contributed by atoms with Crippen LogP contribution in [0, 0.1) is 0 Å². The highest BCUT2D eigenvalue weighted by Gasteiger charge is 2.04. The molecule has 5 nitrogen and oxygen atoms in total. The maximum absolute atomic E-state index is 12.1. The molecule has 5 heteroatoms. The number of amides is 1. The Balaban J connectivity index is 1.64. The number of nitrogens with one attached hydrogen (secondary N) is 1. The summed E-state index contributed by atoms with van der Waals surface area (Å²) in [7, 11) is 0. The normalized spacial score (nSPS) is 10.6. The number of nitrogens with two attached hydrogens (primary N) is 1. The van der Waals surface area contributed by atoms with Crippen molar-refractivity contribution in [3.8, 4) is 5.75 Å². The molecular formula is C21H19N3O2. The van der Waals surface area contributed by atoms with E-state index in [1.54, 1.807) is 30.5 Å². The van der Waals surface area contributed by atoms with Crippen LogP contribution in [0.4, 0.5) is 5.69 Å². The summed E-state index contributed by atoms with van der Waals surface area (Å²) in [5, 5.41) is 4.04. The van der Waals surface area contributed by atoms with Crippen LogP contribution in [0.15, 0.2) is 84.0 Å². The van der Waals surface area contributed by atoms with Crippen molar-refractivity contribution in [3.05, 3.63) is 95.6 Å². The van der Waals surface area contributed by atoms with Crippen LogP contribution in [0.5, 0.6) is 5.75 Å². The van der Waals surface area contributed by atoms with E-state index in [0.717, 1.165) is 16.9 Å². The summed E-state index contributed by atoms with van der Waals surface area (Å²) in [5.41, 5.74) is 11.0. The van der Waals surface area contributed by atoms with Crippen LogP contribution in [-0.2, 0) is 6.61 Å². The molecule has 130 valence electrons. The van der Waals surface area contributed by atoms with Crippen molar-refractivity contribution in [3.63, 3.8) is 0 Å². The lowest BCUT2D eigenvalue weighted by atomic mass is 10.1. The average molecular weight is 345 g/mol. The molecule has 1 amide bonds. The molecule has 3 aromatic rings. The van der Waals surface area contributed by atoms with E-state index >= 15 is 0 Å². The zero-order valence-corrected chi connectivity index (χ0v) is 14.1. The topological polar surface area (TPSA) is 76.7 Å². The summed E-state index contributed by atoms with van der Waals surface area (Å²) >= 11 is 0. The summed E-state index contributed by atoms with van der Waals surface area (Å²) in [5.74, 6) is 0.487. The number of carbonyl (C=O) groups is 1. The predicted molar refractivity (Wildman–Crippen MR) is 103 cm³/mol. The minimum Gasteiger partial charge on any atom is -0.489 e. The standard InChI is InChI=1S/C21H19N3O2/c22-19-10-6-9-16(13-19)21(25)24-23-14-17-7-4-5-8-18(17)15-26-20-11-2-1-3-12-20/h1-14H,15,22H2,(H,24,25)/b23-14-. The highest BCUT2D eigenvalue weighted by Crippen LogP contribution is 2.13. The fourth-order valence-electron chi connectivity index (χ4n) is 2.37. The Hall–Kier alpha value is -3.60. The van der Waals surface area contributed by atoms with Crippen LogP contribution in [0.25, 0.3) is 0 Å². The molecule has 0 unspecified atom stereocenters. The van der Waals surface area contributed by atoms with E-state index in [2.05, 4.69) is 10.5 Å². The third kappa shape index (κ3) is 4.70. The van der Waals surface area contributed by atoms with Gasteiger partial charge in [-0.15, -0.1) is 0 Å². The summed E-state index contributed by atoms with van der Waals surface area (Å²) in [4.78, 5) is 12.1. The van der Waals surface area contributed by atoms with E-state index in [-0.39, 0.29) is 5.91 Å². The second-order valence-electron chi connectivity index (χ2n) is 5.63. The molecule has 3 N–H and O–H groups in total. The summed E-state index contributed by atoms with van der Waals surface area (Å²) in [6.45, 7) is 0.412. The third-order valence-corrected chi connectivity index (χ3v) is 3.71. The van der Waals surface area contributed by atoms with Gasteiger partial charge in [0.25, 0.3) is 5.91 Å². The third-order valence-electron chi connectivity index (χ3n) is 3.71. The lowest BCUT2D eigenvalue weighted by Crippen LogP contribution is -2.17. The molecular weight excluding hydrogens is 326 g/mol. The van der Waals surface area contributed by atoms with Crippen LogP contribution < -0.4 is 15.9 Å². The van der Waals surface area contributed by atoms with Gasteiger partial charge in [-0.1, -0.05) is 48.5 Å². The number of benzene rings is 3. The van der Waals surface area contributed by atoms with Gasteiger partial charge in [-0.3, -0.25) is 4.79 Å². The van der Waals surface area contributed by atoms with Gasteiger partial charge in [0.15, 0.2) is 0 Å². The number of hydrogen-bond acceptors (Lipinski definition) is 4. The summed E-state index contributed by atoms with van der Waals surface area (Å²) in [6, 6.07) is 24.1. The molecule has 0 spiro atoms. The van der Waals surface area contributed by atoms with Crippen molar-refractivity contribution in [1.29, 1.82) is 0 Å². The van der Waals surface area contributed by atoms with Gasteiger partial charge in [0.2, 0.25) is 0 Å². The van der Waals surface area contributed by atoms with E-state index in [1.165, 1.54) is 0 Å². The van der Waals surface area contributed by atoms with Crippen LogP contribution in [-0.4, -0.2) is 12.1 Å². The number of hydrazone groups is 1. The zero-order valence-electron chi connectivity index (χ0n) is 14.1. The Kier molecular flexibility index (Phi) is 5.62. The smallest absolute Gasteiger partial charge is 0.271 e. The number of carbonyl (C=O) groups excluding carboxylic acids is 1. The van der Waals surface area contributed by atoms with Crippen LogP contribution >= 0.6 is 0 Å². The van der Waals surface area contributed by atoms with Gasteiger partial charge in [0.05, 0.1) is 6.21 Å². The second-order valence-corrected chi connectivity index (χ2v) is 5.63. The Labute approximate surface area is 152 Å². The van der Waals surface area contributed by atoms with Crippen LogP contribution in [0.2, 0.25) is 0 Å². The molecule has 0 aliphatic rings. The second kappa shape index (κ2) is 8.48. The summed E-state index contributed by atoms with van der Waals surface area (Å²) < 4.78 is 5.78. The number of ether oxygens (including phenoxy) is 1. The quantitative estimate of drug-likeness (QED) is 0.407. The molecule has 0 bridgehead atoms. The van der Waals surface area contributed by atoms with E-state index < -0.39 is 0 Å². The van der Waals surface area contributed by atoms with Crippen molar-refractivity contribution >= 4 is 17.8 Å². The molecule has 0 saturated heterocycles. The van der Waals surface area contributed by atoms with Crippen molar-refractivity contribution in [2.45, 2.75) is 6.61 Å². The minimum absolute atomic E-state index is 0.313. The lowest BCUT2D eigenvalue weighted by molar-refractivity contribution is 0.0955. The van der Waals surface area contributed by atoms with Gasteiger partial charge >= 0.3 is 0 Å². The van der Waals surface area contributed by atoms with Gasteiger partial charge in [-0.25, -0.2) is 5.43 Å². The summed E-state index contributed by atoms with van der Waals surface area (Å²) in [6.07, 6.45) is 1.61. The fraction of sp³-hybridized carbons (Fsp3) is 0.0476. The van der Waals surface area contributed by atoms with Gasteiger partial charge in [0.1, 0.15) is 12.4 Å². The molecule has 0 radical (unpaired) electrons. The molecule has 0 atom stereocenters. The Bertz CT molecular complexity index is 908. The van der Waals surface area contributed by atoms with Crippen molar-refractivity contribution in [1.82, 2.24) is 5.43 Å². The molecule has 26 heavy (non-hydrogen) atoms. The number of rotatable bonds is 6. The highest BCUT2D eigenvalue weighted by atomic mass is 16.5. The number of hydrogen-bond donors (Lipinski definition) is 2. The van der Waals surface area contributed by atoms with Gasteiger partial charge in [-0.2, -0.15) is 5.10 Å². The maximum Gasteiger partial charge on any atom is 0.271 e. The van der Waals surface area contributed by atoms with Gasteiger partial charge in [0, 0.05) is 16.8 Å². The molecule has 0 aromatic heterocycles. The number of anilines is 1. The van der Waals surface area contributed by atoms with Gasteiger partial charge < -0.3 is 10.5 Å². The monoisotopic (exact) mass is 345 g/mol. The zero-order chi connectivity index (χ0) is 18.2. The average Bonchev–Trinajstić information content (AvgIpc) is 2.68. The van der Waals surface area contributed by atoms with E-state index in [9.17, 15) is 4.79 Å². The molecule has 3 aromatic carbocycles. The molecule has 0 heterocycles. The van der Waals surface area contributed by atoms with E-state index in [1.807, 2.05) is 54.6 Å². The Morgan fingerprint density at radius 3 is 2.58 bits per heavy atom. The predicted octanol–water partition coefficient (Wildman–Crippen LogP) is 3.61. The van der Waals surface area contributed by atoms with E-state index in [4.69, 9.17) is 10.5 Å². The molecule has 0 aliphatic carbocycles. The first-order valence-corrected chi connectivity index (χ1v) is 8.17. The molecule has 0 aliphatic heterocycles. The fourth-order valence-corrected chi connectivity index (χ4v) is 2.37. The highest BCUT2D eigenvalue weighted by molar-refractivity contribution is 5.95. The number of para-hydroxylation sites is 1. The van der Waals surface area contributed by atoms with Gasteiger partial charge in [-0.05, 0) is 35.9 Å². The number of nitrogen functional groups attached to an aromatic ring is 1. The first kappa shape index (κ1) is 17.2. The van der Waals surface area contributed by atoms with Crippen LogP contribution in [0.1, 0.15) is 21.5 Å². The molecule has 3 rings (SSSR count). The van der Waals surface area contributed by atoms with Crippen LogP contribution in [0.3, 0.4) is 0 Å². The largest absolute Gasteiger partial charge is 0.489 e. The lowest BCUT2D eigenvalue weighted by Gasteiger charge is -2.08. The first-order valence-electron chi connectivity index (χ1n) is 8.17.